The van der Waals surface area contributed by atoms with Crippen LogP contribution in [0.25, 0.3) is 49.3 Å². The SMILES string of the molecule is C(=NCc1ccccc1)c1cccc(-n2c3ccccc3c3cc4c(cc32)[nH]c2ccccc24)c1. The Hall–Kier alpha value is -4.63. The molecule has 0 saturated carbocycles. The highest BCUT2D eigenvalue weighted by Gasteiger charge is 2.15. The summed E-state index contributed by atoms with van der Waals surface area (Å²) in [7, 11) is 0. The highest BCUT2D eigenvalue weighted by Crippen LogP contribution is 2.36. The van der Waals surface area contributed by atoms with Gasteiger partial charge in [-0.3, -0.25) is 4.99 Å². The number of benzene rings is 5. The fourth-order valence-corrected chi connectivity index (χ4v) is 5.18. The number of aromatic amines is 1. The van der Waals surface area contributed by atoms with E-state index >= 15 is 0 Å². The van der Waals surface area contributed by atoms with Crippen molar-refractivity contribution in [1.29, 1.82) is 0 Å². The first-order chi connectivity index (χ1) is 17.3. The zero-order valence-electron chi connectivity index (χ0n) is 19.1. The molecule has 166 valence electrons. The second-order valence-electron chi connectivity index (χ2n) is 8.99. The van der Waals surface area contributed by atoms with Crippen LogP contribution in [0.4, 0.5) is 0 Å². The van der Waals surface area contributed by atoms with Gasteiger partial charge in [-0.25, -0.2) is 0 Å². The van der Waals surface area contributed by atoms with Crippen LogP contribution in [0.1, 0.15) is 11.1 Å². The molecule has 2 heterocycles. The fraction of sp³-hybridized carbons (Fsp3) is 0.0312. The van der Waals surface area contributed by atoms with Gasteiger partial charge in [-0.05, 0) is 47.5 Å². The van der Waals surface area contributed by atoms with E-state index in [0.717, 1.165) is 16.8 Å². The van der Waals surface area contributed by atoms with Gasteiger partial charge in [0.25, 0.3) is 0 Å². The lowest BCUT2D eigenvalue weighted by atomic mass is 10.1. The van der Waals surface area contributed by atoms with E-state index < -0.39 is 0 Å². The van der Waals surface area contributed by atoms with Crippen LogP contribution in [0.3, 0.4) is 0 Å². The van der Waals surface area contributed by atoms with Gasteiger partial charge in [0.05, 0.1) is 17.6 Å². The average Bonchev–Trinajstić information content (AvgIpc) is 3.43. The van der Waals surface area contributed by atoms with Crippen molar-refractivity contribution in [2.45, 2.75) is 6.54 Å². The van der Waals surface area contributed by atoms with Crippen LogP contribution in [0, 0.1) is 0 Å². The molecule has 0 aliphatic heterocycles. The van der Waals surface area contributed by atoms with E-state index in [2.05, 4.69) is 124 Å². The molecule has 7 rings (SSSR count). The molecule has 0 fully saturated rings. The van der Waals surface area contributed by atoms with Gasteiger partial charge in [-0.2, -0.15) is 0 Å². The Morgan fingerprint density at radius 2 is 1.40 bits per heavy atom. The molecule has 3 heteroatoms. The van der Waals surface area contributed by atoms with Crippen LogP contribution in [-0.4, -0.2) is 15.8 Å². The maximum atomic E-state index is 4.68. The largest absolute Gasteiger partial charge is 0.354 e. The van der Waals surface area contributed by atoms with Crippen molar-refractivity contribution in [2.24, 2.45) is 4.99 Å². The number of rotatable bonds is 4. The molecule has 0 bridgehead atoms. The normalized spacial score (nSPS) is 12.0. The summed E-state index contributed by atoms with van der Waals surface area (Å²) >= 11 is 0. The van der Waals surface area contributed by atoms with Crippen LogP contribution in [0.15, 0.2) is 120 Å². The Labute approximate surface area is 203 Å². The molecule has 0 radical (unpaired) electrons. The Bertz CT molecular complexity index is 1870. The molecular formula is C32H23N3. The van der Waals surface area contributed by atoms with Gasteiger partial charge in [0.2, 0.25) is 0 Å². The van der Waals surface area contributed by atoms with Crippen LogP contribution in [0.5, 0.6) is 0 Å². The minimum atomic E-state index is 0.679. The summed E-state index contributed by atoms with van der Waals surface area (Å²) in [6.45, 7) is 0.679. The number of aliphatic imine (C=N–C) groups is 1. The topological polar surface area (TPSA) is 33.1 Å². The van der Waals surface area contributed by atoms with Crippen molar-refractivity contribution in [3.8, 4) is 5.69 Å². The molecule has 0 aliphatic carbocycles. The maximum absolute atomic E-state index is 4.68. The fourth-order valence-electron chi connectivity index (χ4n) is 5.18. The van der Waals surface area contributed by atoms with Crippen LogP contribution >= 0.6 is 0 Å². The van der Waals surface area contributed by atoms with Gasteiger partial charge < -0.3 is 9.55 Å². The van der Waals surface area contributed by atoms with Gasteiger partial charge in [-0.15, -0.1) is 0 Å². The van der Waals surface area contributed by atoms with Gasteiger partial charge in [0, 0.05) is 44.5 Å². The van der Waals surface area contributed by atoms with E-state index in [4.69, 9.17) is 0 Å². The standard InChI is InChI=1S/C32H23N3/c1-2-9-22(10-3-1)20-33-21-23-11-8-12-24(17-23)35-31-16-7-5-14-26(31)28-18-27-25-13-4-6-15-29(25)34-30(27)19-32(28)35/h1-19,21,34H,20H2. The Morgan fingerprint density at radius 1 is 0.600 bits per heavy atom. The summed E-state index contributed by atoms with van der Waals surface area (Å²) in [5, 5.41) is 5.05. The van der Waals surface area contributed by atoms with Crippen molar-refractivity contribution in [3.63, 3.8) is 0 Å². The molecule has 5 aromatic carbocycles. The van der Waals surface area contributed by atoms with E-state index in [1.54, 1.807) is 0 Å². The number of hydrogen-bond acceptors (Lipinski definition) is 1. The van der Waals surface area contributed by atoms with Crippen molar-refractivity contribution >= 4 is 49.8 Å². The smallest absolute Gasteiger partial charge is 0.0639 e. The highest BCUT2D eigenvalue weighted by atomic mass is 15.0. The molecule has 0 saturated heterocycles. The predicted octanol–water partition coefficient (Wildman–Crippen LogP) is 8.04. The first-order valence-electron chi connectivity index (χ1n) is 11.9. The summed E-state index contributed by atoms with van der Waals surface area (Å²) < 4.78 is 2.37. The molecule has 0 aliphatic rings. The van der Waals surface area contributed by atoms with E-state index in [1.807, 2.05) is 12.3 Å². The minimum absolute atomic E-state index is 0.679. The van der Waals surface area contributed by atoms with E-state index in [1.165, 1.54) is 43.7 Å². The quantitative estimate of drug-likeness (QED) is 0.264. The Balaban J connectivity index is 1.40. The zero-order chi connectivity index (χ0) is 23.2. The summed E-state index contributed by atoms with van der Waals surface area (Å²) in [6, 6.07) is 40.8. The van der Waals surface area contributed by atoms with Gasteiger partial charge in [-0.1, -0.05) is 78.9 Å². The van der Waals surface area contributed by atoms with Crippen LogP contribution in [0.2, 0.25) is 0 Å². The minimum Gasteiger partial charge on any atom is -0.354 e. The van der Waals surface area contributed by atoms with Crippen LogP contribution < -0.4 is 0 Å². The van der Waals surface area contributed by atoms with Gasteiger partial charge in [0.1, 0.15) is 0 Å². The van der Waals surface area contributed by atoms with Crippen molar-refractivity contribution in [2.75, 3.05) is 0 Å². The molecule has 3 nitrogen and oxygen atoms in total. The van der Waals surface area contributed by atoms with Crippen molar-refractivity contribution in [1.82, 2.24) is 9.55 Å². The first kappa shape index (κ1) is 19.8. The third-order valence-electron chi connectivity index (χ3n) is 6.78. The van der Waals surface area contributed by atoms with Crippen molar-refractivity contribution < 1.29 is 0 Å². The molecule has 0 spiro atoms. The Morgan fingerprint density at radius 3 is 2.31 bits per heavy atom. The summed E-state index contributed by atoms with van der Waals surface area (Å²) in [6.07, 6.45) is 1.97. The van der Waals surface area contributed by atoms with E-state index in [-0.39, 0.29) is 0 Å². The second-order valence-corrected chi connectivity index (χ2v) is 8.99. The number of fused-ring (bicyclic) bond motifs is 6. The molecular weight excluding hydrogens is 426 g/mol. The molecule has 0 amide bonds. The number of nitrogens with zero attached hydrogens (tertiary/aromatic N) is 2. The third-order valence-corrected chi connectivity index (χ3v) is 6.78. The first-order valence-corrected chi connectivity index (χ1v) is 11.9. The number of nitrogens with one attached hydrogen (secondary N) is 1. The molecule has 1 N–H and O–H groups in total. The molecule has 0 unspecified atom stereocenters. The molecule has 35 heavy (non-hydrogen) atoms. The third kappa shape index (κ3) is 3.32. The second kappa shape index (κ2) is 8.00. The molecule has 7 aromatic rings. The summed E-state index contributed by atoms with van der Waals surface area (Å²) in [5.41, 5.74) is 8.17. The monoisotopic (exact) mass is 449 g/mol. The lowest BCUT2D eigenvalue weighted by Gasteiger charge is -2.09. The number of aromatic nitrogens is 2. The van der Waals surface area contributed by atoms with E-state index in [0.29, 0.717) is 6.54 Å². The zero-order valence-corrected chi connectivity index (χ0v) is 19.1. The van der Waals surface area contributed by atoms with Gasteiger partial charge >= 0.3 is 0 Å². The Kier molecular flexibility index (Phi) is 4.52. The number of para-hydroxylation sites is 2. The number of H-pyrrole nitrogens is 1. The van der Waals surface area contributed by atoms with Crippen molar-refractivity contribution in [3.05, 3.63) is 126 Å². The predicted molar refractivity (Wildman–Crippen MR) is 148 cm³/mol. The lowest BCUT2D eigenvalue weighted by molar-refractivity contribution is 1.08. The highest BCUT2D eigenvalue weighted by molar-refractivity contribution is 6.18. The summed E-state index contributed by atoms with van der Waals surface area (Å²) in [5.74, 6) is 0. The lowest BCUT2D eigenvalue weighted by Crippen LogP contribution is -1.95. The summed E-state index contributed by atoms with van der Waals surface area (Å²) in [4.78, 5) is 8.30. The van der Waals surface area contributed by atoms with E-state index in [9.17, 15) is 0 Å². The average molecular weight is 450 g/mol. The molecule has 0 atom stereocenters. The molecule has 2 aromatic heterocycles. The number of hydrogen-bond donors (Lipinski definition) is 1. The van der Waals surface area contributed by atoms with Crippen LogP contribution in [-0.2, 0) is 6.54 Å². The maximum Gasteiger partial charge on any atom is 0.0639 e. The van der Waals surface area contributed by atoms with Gasteiger partial charge in [0.15, 0.2) is 0 Å².